The molecule has 2 nitrogen and oxygen atoms in total. The first-order valence-electron chi connectivity index (χ1n) is 4.72. The van der Waals surface area contributed by atoms with Crippen LogP contribution < -0.4 is 0 Å². The molecule has 3 heteroatoms. The lowest BCUT2D eigenvalue weighted by Gasteiger charge is -2.34. The molecule has 2 saturated heterocycles. The molecule has 0 saturated carbocycles. The molecular formula is C9H16FNO. The van der Waals surface area contributed by atoms with Crippen molar-refractivity contribution in [1.29, 1.82) is 0 Å². The van der Waals surface area contributed by atoms with Crippen LogP contribution in [0.1, 0.15) is 26.2 Å². The van der Waals surface area contributed by atoms with Crippen molar-refractivity contribution in [2.24, 2.45) is 0 Å². The van der Waals surface area contributed by atoms with Crippen molar-refractivity contribution in [2.75, 3.05) is 13.1 Å². The molecule has 2 aliphatic rings. The van der Waals surface area contributed by atoms with Crippen LogP contribution in [-0.2, 0) is 0 Å². The minimum atomic E-state index is -0.722. The van der Waals surface area contributed by atoms with E-state index in [0.29, 0.717) is 13.0 Å². The van der Waals surface area contributed by atoms with E-state index in [1.165, 1.54) is 0 Å². The number of aliphatic hydroxyl groups excluding tert-OH is 1. The largest absolute Gasteiger partial charge is 0.391 e. The Bertz CT molecular complexity index is 185. The predicted octanol–water partition coefficient (Wildman–Crippen LogP) is 0.944. The van der Waals surface area contributed by atoms with Crippen molar-refractivity contribution in [3.05, 3.63) is 0 Å². The molecule has 70 valence electrons. The summed E-state index contributed by atoms with van der Waals surface area (Å²) >= 11 is 0. The van der Waals surface area contributed by atoms with Crippen LogP contribution in [0.5, 0.6) is 0 Å². The van der Waals surface area contributed by atoms with E-state index in [2.05, 4.69) is 4.90 Å². The smallest absolute Gasteiger partial charge is 0.115 e. The van der Waals surface area contributed by atoms with Crippen molar-refractivity contribution < 1.29 is 9.50 Å². The summed E-state index contributed by atoms with van der Waals surface area (Å²) in [6, 6.07) is 0. The average molecular weight is 173 g/mol. The second-order valence-corrected chi connectivity index (χ2v) is 4.13. The van der Waals surface area contributed by atoms with E-state index in [1.807, 2.05) is 0 Å². The van der Waals surface area contributed by atoms with Crippen LogP contribution in [0.25, 0.3) is 0 Å². The van der Waals surface area contributed by atoms with Crippen molar-refractivity contribution in [3.63, 3.8) is 0 Å². The number of hydrogen-bond acceptors (Lipinski definition) is 2. The summed E-state index contributed by atoms with van der Waals surface area (Å²) in [5.41, 5.74) is -0.209. The summed E-state index contributed by atoms with van der Waals surface area (Å²) < 4.78 is 13.1. The topological polar surface area (TPSA) is 23.5 Å². The van der Waals surface area contributed by atoms with E-state index >= 15 is 0 Å². The minimum absolute atomic E-state index is 0.209. The highest BCUT2D eigenvalue weighted by Crippen LogP contribution is 2.42. The molecular weight excluding hydrogens is 157 g/mol. The van der Waals surface area contributed by atoms with E-state index < -0.39 is 6.17 Å². The number of fused-ring (bicyclic) bond motifs is 1. The van der Waals surface area contributed by atoms with Crippen LogP contribution in [-0.4, -0.2) is 40.9 Å². The van der Waals surface area contributed by atoms with E-state index in [0.717, 1.165) is 19.4 Å². The summed E-state index contributed by atoms with van der Waals surface area (Å²) in [7, 11) is 0. The van der Waals surface area contributed by atoms with Crippen LogP contribution in [0, 0.1) is 0 Å². The third kappa shape index (κ3) is 0.995. The zero-order valence-electron chi connectivity index (χ0n) is 7.46. The van der Waals surface area contributed by atoms with Crippen LogP contribution in [0.15, 0.2) is 0 Å². The molecule has 0 aliphatic carbocycles. The summed E-state index contributed by atoms with van der Waals surface area (Å²) in [5.74, 6) is 0. The molecule has 0 radical (unpaired) electrons. The first kappa shape index (κ1) is 8.45. The third-order valence-electron chi connectivity index (χ3n) is 3.44. The highest BCUT2D eigenvalue weighted by atomic mass is 19.1. The second-order valence-electron chi connectivity index (χ2n) is 4.13. The molecule has 2 aliphatic heterocycles. The van der Waals surface area contributed by atoms with Gasteiger partial charge in [-0.3, -0.25) is 4.90 Å². The minimum Gasteiger partial charge on any atom is -0.391 e. The summed E-state index contributed by atoms with van der Waals surface area (Å²) in [6.07, 6.45) is 1.49. The molecule has 0 spiro atoms. The third-order valence-corrected chi connectivity index (χ3v) is 3.44. The molecule has 0 aromatic carbocycles. The van der Waals surface area contributed by atoms with Gasteiger partial charge in [-0.1, -0.05) is 0 Å². The maximum absolute atomic E-state index is 13.1. The fraction of sp³-hybridized carbons (Fsp3) is 1.00. The molecule has 1 unspecified atom stereocenters. The zero-order chi connectivity index (χ0) is 8.77. The van der Waals surface area contributed by atoms with Gasteiger partial charge in [-0.25, -0.2) is 4.39 Å². The Morgan fingerprint density at radius 2 is 2.42 bits per heavy atom. The number of hydrogen-bond donors (Lipinski definition) is 1. The predicted molar refractivity (Wildman–Crippen MR) is 44.7 cm³/mol. The molecule has 1 N–H and O–H groups in total. The highest BCUT2D eigenvalue weighted by molar-refractivity contribution is 5.06. The van der Waals surface area contributed by atoms with Gasteiger partial charge in [0.25, 0.3) is 0 Å². The quantitative estimate of drug-likeness (QED) is 0.638. The maximum atomic E-state index is 13.1. The Labute approximate surface area is 72.4 Å². The summed E-state index contributed by atoms with van der Waals surface area (Å²) in [6.45, 7) is 3.28. The molecule has 2 heterocycles. The summed E-state index contributed by atoms with van der Waals surface area (Å²) in [5, 5.41) is 9.62. The van der Waals surface area contributed by atoms with Gasteiger partial charge in [0.05, 0.1) is 6.10 Å². The Balaban J connectivity index is 2.20. The van der Waals surface area contributed by atoms with Gasteiger partial charge in [0.1, 0.15) is 6.17 Å². The van der Waals surface area contributed by atoms with Crippen LogP contribution >= 0.6 is 0 Å². The van der Waals surface area contributed by atoms with Gasteiger partial charge in [-0.15, -0.1) is 0 Å². The van der Waals surface area contributed by atoms with Crippen molar-refractivity contribution in [2.45, 2.75) is 44.0 Å². The fourth-order valence-electron chi connectivity index (χ4n) is 2.79. The lowest BCUT2D eigenvalue weighted by molar-refractivity contribution is 0.0289. The normalized spacial score (nSPS) is 44.8. The number of rotatable bonds is 1. The molecule has 2 rings (SSSR count). The Kier molecular flexibility index (Phi) is 1.88. The van der Waals surface area contributed by atoms with Gasteiger partial charge >= 0.3 is 0 Å². The SMILES string of the molecule is CC(O)[C@]12CCCN1C[C@H](F)C2. The molecule has 0 aromatic heterocycles. The number of nitrogens with zero attached hydrogens (tertiary/aromatic N) is 1. The first-order valence-corrected chi connectivity index (χ1v) is 4.72. The highest BCUT2D eigenvalue weighted by Gasteiger charge is 2.51. The number of alkyl halides is 1. The van der Waals surface area contributed by atoms with Crippen LogP contribution in [0.4, 0.5) is 4.39 Å². The Morgan fingerprint density at radius 1 is 1.67 bits per heavy atom. The average Bonchev–Trinajstić information content (AvgIpc) is 2.42. The van der Waals surface area contributed by atoms with Gasteiger partial charge in [-0.2, -0.15) is 0 Å². The van der Waals surface area contributed by atoms with Crippen LogP contribution in [0.2, 0.25) is 0 Å². The zero-order valence-corrected chi connectivity index (χ0v) is 7.46. The standard InChI is InChI=1S/C9H16FNO/c1-7(12)9-3-2-4-11(9)6-8(10)5-9/h7-8,12H,2-6H2,1H3/t7?,8-,9-/m1/s1. The number of aliphatic hydroxyl groups is 1. The van der Waals surface area contributed by atoms with E-state index in [1.54, 1.807) is 6.92 Å². The Morgan fingerprint density at radius 3 is 3.00 bits per heavy atom. The second kappa shape index (κ2) is 2.67. The molecule has 0 aromatic rings. The molecule has 0 amide bonds. The molecule has 0 bridgehead atoms. The van der Waals surface area contributed by atoms with E-state index in [4.69, 9.17) is 0 Å². The number of halogens is 1. The monoisotopic (exact) mass is 173 g/mol. The van der Waals surface area contributed by atoms with E-state index in [9.17, 15) is 9.50 Å². The van der Waals surface area contributed by atoms with Gasteiger partial charge in [0.2, 0.25) is 0 Å². The van der Waals surface area contributed by atoms with Crippen molar-refractivity contribution in [3.8, 4) is 0 Å². The summed E-state index contributed by atoms with van der Waals surface area (Å²) in [4.78, 5) is 2.13. The molecule has 12 heavy (non-hydrogen) atoms. The molecule has 3 atom stereocenters. The lowest BCUT2D eigenvalue weighted by Crippen LogP contribution is -2.47. The first-order chi connectivity index (χ1) is 5.65. The Hall–Kier alpha value is -0.150. The van der Waals surface area contributed by atoms with Crippen molar-refractivity contribution >= 4 is 0 Å². The van der Waals surface area contributed by atoms with Gasteiger partial charge in [0, 0.05) is 18.5 Å². The van der Waals surface area contributed by atoms with Crippen molar-refractivity contribution in [1.82, 2.24) is 4.90 Å². The molecule has 2 fully saturated rings. The maximum Gasteiger partial charge on any atom is 0.115 e. The van der Waals surface area contributed by atoms with Gasteiger partial charge in [0.15, 0.2) is 0 Å². The fourth-order valence-corrected chi connectivity index (χ4v) is 2.79. The lowest BCUT2D eigenvalue weighted by atomic mass is 9.88. The van der Waals surface area contributed by atoms with Gasteiger partial charge < -0.3 is 5.11 Å². The van der Waals surface area contributed by atoms with Gasteiger partial charge in [-0.05, 0) is 26.3 Å². The van der Waals surface area contributed by atoms with Crippen LogP contribution in [0.3, 0.4) is 0 Å². The van der Waals surface area contributed by atoms with E-state index in [-0.39, 0.29) is 11.6 Å².